The number of likely N-dealkylation sites (N-methyl/N-ethyl adjacent to an activating group) is 1. The molecule has 1 atom stereocenters. The van der Waals surface area contributed by atoms with Gasteiger partial charge in [0.2, 0.25) is 0 Å². The minimum absolute atomic E-state index is 0.318. The molecule has 0 radical (unpaired) electrons. The number of aryl methyl sites for hydroxylation is 4. The Kier molecular flexibility index (Phi) is 4.61. The molecule has 1 heterocycles. The third-order valence-electron chi connectivity index (χ3n) is 4.05. The zero-order valence-corrected chi connectivity index (χ0v) is 13.2. The van der Waals surface area contributed by atoms with Crippen LogP contribution in [0.1, 0.15) is 40.9 Å². The third kappa shape index (κ3) is 2.93. The van der Waals surface area contributed by atoms with E-state index in [2.05, 4.69) is 55.6 Å². The Labute approximate surface area is 122 Å². The van der Waals surface area contributed by atoms with Gasteiger partial charge in [-0.25, -0.2) is 0 Å². The number of rotatable bonds is 5. The monoisotopic (exact) mass is 271 g/mol. The number of nitrogens with zero attached hydrogens (tertiary/aromatic N) is 2. The van der Waals surface area contributed by atoms with E-state index in [0.29, 0.717) is 6.04 Å². The topological polar surface area (TPSA) is 29.9 Å². The first-order chi connectivity index (χ1) is 9.56. The van der Waals surface area contributed by atoms with E-state index in [1.165, 1.54) is 27.9 Å². The maximum atomic E-state index is 4.56. The Bertz CT molecular complexity index is 564. The Morgan fingerprint density at radius 2 is 1.90 bits per heavy atom. The molecule has 0 fully saturated rings. The van der Waals surface area contributed by atoms with Crippen molar-refractivity contribution in [3.05, 3.63) is 52.3 Å². The summed E-state index contributed by atoms with van der Waals surface area (Å²) in [7, 11) is 4.03. The molecule has 0 aliphatic rings. The maximum absolute atomic E-state index is 4.56. The molecule has 0 amide bonds. The minimum Gasteiger partial charge on any atom is -0.313 e. The van der Waals surface area contributed by atoms with Gasteiger partial charge in [-0.1, -0.05) is 25.1 Å². The van der Waals surface area contributed by atoms with Crippen molar-refractivity contribution in [3.8, 4) is 0 Å². The minimum atomic E-state index is 0.318. The quantitative estimate of drug-likeness (QED) is 0.905. The van der Waals surface area contributed by atoms with Gasteiger partial charge in [0, 0.05) is 24.8 Å². The molecule has 1 N–H and O–H groups in total. The summed E-state index contributed by atoms with van der Waals surface area (Å²) in [4.78, 5) is 0. The highest BCUT2D eigenvalue weighted by Crippen LogP contribution is 2.25. The molecule has 2 rings (SSSR count). The van der Waals surface area contributed by atoms with E-state index < -0.39 is 0 Å². The average molecular weight is 271 g/mol. The number of aromatic nitrogens is 2. The lowest BCUT2D eigenvalue weighted by atomic mass is 9.93. The van der Waals surface area contributed by atoms with Gasteiger partial charge in [0.1, 0.15) is 0 Å². The van der Waals surface area contributed by atoms with Crippen LogP contribution < -0.4 is 5.32 Å². The molecule has 20 heavy (non-hydrogen) atoms. The van der Waals surface area contributed by atoms with Crippen molar-refractivity contribution in [2.45, 2.75) is 39.7 Å². The molecule has 3 heteroatoms. The highest BCUT2D eigenvalue weighted by Gasteiger charge is 2.18. The van der Waals surface area contributed by atoms with Gasteiger partial charge >= 0.3 is 0 Å². The van der Waals surface area contributed by atoms with E-state index in [1.54, 1.807) is 0 Å². The predicted molar refractivity (Wildman–Crippen MR) is 84.0 cm³/mol. The van der Waals surface area contributed by atoms with Crippen molar-refractivity contribution in [1.29, 1.82) is 0 Å². The highest BCUT2D eigenvalue weighted by molar-refractivity contribution is 5.36. The summed E-state index contributed by atoms with van der Waals surface area (Å²) in [6, 6.07) is 6.83. The van der Waals surface area contributed by atoms with Crippen LogP contribution in [0.3, 0.4) is 0 Å². The van der Waals surface area contributed by atoms with Gasteiger partial charge in [-0.2, -0.15) is 5.10 Å². The molecule has 0 saturated carbocycles. The van der Waals surface area contributed by atoms with Crippen LogP contribution in [0.15, 0.2) is 24.4 Å². The van der Waals surface area contributed by atoms with Crippen molar-refractivity contribution in [3.63, 3.8) is 0 Å². The van der Waals surface area contributed by atoms with Crippen LogP contribution in [0.4, 0.5) is 0 Å². The van der Waals surface area contributed by atoms with Crippen LogP contribution in [0.5, 0.6) is 0 Å². The summed E-state index contributed by atoms with van der Waals surface area (Å²) in [6.07, 6.45) is 4.13. The van der Waals surface area contributed by atoms with Crippen molar-refractivity contribution in [1.82, 2.24) is 15.1 Å². The lowest BCUT2D eigenvalue weighted by Crippen LogP contribution is -2.20. The molecular weight excluding hydrogens is 246 g/mol. The van der Waals surface area contributed by atoms with Gasteiger partial charge in [0.25, 0.3) is 0 Å². The molecule has 2 aromatic rings. The Hall–Kier alpha value is -1.61. The second-order valence-electron chi connectivity index (χ2n) is 5.47. The van der Waals surface area contributed by atoms with E-state index in [4.69, 9.17) is 0 Å². The number of benzene rings is 1. The summed E-state index contributed by atoms with van der Waals surface area (Å²) in [5.41, 5.74) is 6.69. The average Bonchev–Trinajstić information content (AvgIpc) is 2.80. The van der Waals surface area contributed by atoms with E-state index in [-0.39, 0.29) is 0 Å². The summed E-state index contributed by atoms with van der Waals surface area (Å²) in [5.74, 6) is 0. The molecular formula is C17H25N3. The van der Waals surface area contributed by atoms with Gasteiger partial charge in [0.15, 0.2) is 0 Å². The van der Waals surface area contributed by atoms with Crippen molar-refractivity contribution in [2.24, 2.45) is 7.05 Å². The van der Waals surface area contributed by atoms with E-state index in [9.17, 15) is 0 Å². The van der Waals surface area contributed by atoms with Gasteiger partial charge in [-0.15, -0.1) is 0 Å². The summed E-state index contributed by atoms with van der Waals surface area (Å²) in [6.45, 7) is 6.55. The first-order valence-electron chi connectivity index (χ1n) is 7.31. The predicted octanol–water partition coefficient (Wildman–Crippen LogP) is 3.10. The van der Waals surface area contributed by atoms with Crippen LogP contribution in [0, 0.1) is 13.8 Å². The van der Waals surface area contributed by atoms with Crippen LogP contribution in [-0.4, -0.2) is 16.8 Å². The number of nitrogens with one attached hydrogen (secondary N) is 1. The van der Waals surface area contributed by atoms with Gasteiger partial charge < -0.3 is 5.32 Å². The standard InChI is InChI=1S/C17H25N3/c1-6-16-15(11-20(5)19-16)17(18-4)10-14-12(2)8-7-9-13(14)3/h7-9,11,17-18H,6,10H2,1-5H3. The molecule has 0 aliphatic carbocycles. The van der Waals surface area contributed by atoms with Gasteiger partial charge in [0.05, 0.1) is 5.69 Å². The number of hydrogen-bond acceptors (Lipinski definition) is 2. The second kappa shape index (κ2) is 6.23. The first kappa shape index (κ1) is 14.8. The summed E-state index contributed by atoms with van der Waals surface area (Å²) in [5, 5.41) is 8.02. The molecule has 1 aromatic carbocycles. The normalized spacial score (nSPS) is 12.7. The molecule has 0 aliphatic heterocycles. The second-order valence-corrected chi connectivity index (χ2v) is 5.47. The van der Waals surface area contributed by atoms with Crippen molar-refractivity contribution in [2.75, 3.05) is 7.05 Å². The Morgan fingerprint density at radius 1 is 1.25 bits per heavy atom. The Balaban J connectivity index is 2.33. The molecule has 1 aromatic heterocycles. The van der Waals surface area contributed by atoms with E-state index >= 15 is 0 Å². The molecule has 1 unspecified atom stereocenters. The van der Waals surface area contributed by atoms with Crippen LogP contribution in [0.25, 0.3) is 0 Å². The highest BCUT2D eigenvalue weighted by atomic mass is 15.3. The van der Waals surface area contributed by atoms with Crippen LogP contribution >= 0.6 is 0 Å². The Morgan fingerprint density at radius 3 is 2.45 bits per heavy atom. The molecule has 0 spiro atoms. The van der Waals surface area contributed by atoms with Gasteiger partial charge in [-0.05, 0) is 50.4 Å². The van der Waals surface area contributed by atoms with Crippen molar-refractivity contribution < 1.29 is 0 Å². The molecule has 3 nitrogen and oxygen atoms in total. The third-order valence-corrected chi connectivity index (χ3v) is 4.05. The van der Waals surface area contributed by atoms with Crippen LogP contribution in [0.2, 0.25) is 0 Å². The van der Waals surface area contributed by atoms with E-state index in [1.807, 2.05) is 18.8 Å². The first-order valence-corrected chi connectivity index (χ1v) is 7.31. The summed E-state index contributed by atoms with van der Waals surface area (Å²) >= 11 is 0. The molecule has 0 saturated heterocycles. The lowest BCUT2D eigenvalue weighted by molar-refractivity contribution is 0.584. The van der Waals surface area contributed by atoms with Crippen molar-refractivity contribution >= 4 is 0 Å². The largest absolute Gasteiger partial charge is 0.313 e. The van der Waals surface area contributed by atoms with Gasteiger partial charge in [-0.3, -0.25) is 4.68 Å². The fourth-order valence-electron chi connectivity index (χ4n) is 2.86. The zero-order chi connectivity index (χ0) is 14.7. The molecule has 0 bridgehead atoms. The smallest absolute Gasteiger partial charge is 0.0669 e. The fraction of sp³-hybridized carbons (Fsp3) is 0.471. The number of hydrogen-bond donors (Lipinski definition) is 1. The summed E-state index contributed by atoms with van der Waals surface area (Å²) < 4.78 is 1.92. The maximum Gasteiger partial charge on any atom is 0.0669 e. The fourth-order valence-corrected chi connectivity index (χ4v) is 2.86. The SMILES string of the molecule is CCc1nn(C)cc1C(Cc1c(C)cccc1C)NC. The zero-order valence-electron chi connectivity index (χ0n) is 13.2. The molecule has 108 valence electrons. The van der Waals surface area contributed by atoms with E-state index in [0.717, 1.165) is 12.8 Å². The lowest BCUT2D eigenvalue weighted by Gasteiger charge is -2.19. The van der Waals surface area contributed by atoms with Crippen LogP contribution in [-0.2, 0) is 19.9 Å².